The Labute approximate surface area is 165 Å². The molecule has 1 atom stereocenters. The maximum atomic E-state index is 13.2. The van der Waals surface area contributed by atoms with Gasteiger partial charge in [-0.25, -0.2) is 4.39 Å². The van der Waals surface area contributed by atoms with Gasteiger partial charge in [0.25, 0.3) is 5.91 Å². The number of ether oxygens (including phenoxy) is 1. The third-order valence-corrected chi connectivity index (χ3v) is 4.57. The molecule has 0 aliphatic heterocycles. The van der Waals surface area contributed by atoms with E-state index in [0.717, 1.165) is 11.1 Å². The zero-order chi connectivity index (χ0) is 20.7. The summed E-state index contributed by atoms with van der Waals surface area (Å²) in [5.74, 6) is -0.0433. The van der Waals surface area contributed by atoms with Gasteiger partial charge in [0, 0.05) is 13.6 Å². The van der Waals surface area contributed by atoms with E-state index in [0.29, 0.717) is 5.75 Å². The van der Waals surface area contributed by atoms with Gasteiger partial charge in [-0.3, -0.25) is 9.59 Å². The Morgan fingerprint density at radius 1 is 1.07 bits per heavy atom. The SMILES string of the molecule is CNC(=O)[C@@H](C)N(Cc1ccc(F)cc1)C(=O)COc1ccccc1C(C)C. The second kappa shape index (κ2) is 9.88. The highest BCUT2D eigenvalue weighted by Crippen LogP contribution is 2.26. The molecule has 2 rings (SSSR count). The Morgan fingerprint density at radius 3 is 2.32 bits per heavy atom. The van der Waals surface area contributed by atoms with Crippen LogP contribution in [0.3, 0.4) is 0 Å². The summed E-state index contributed by atoms with van der Waals surface area (Å²) in [6.07, 6.45) is 0. The van der Waals surface area contributed by atoms with Crippen molar-refractivity contribution in [1.29, 1.82) is 0 Å². The first-order chi connectivity index (χ1) is 13.3. The summed E-state index contributed by atoms with van der Waals surface area (Å²) in [5.41, 5.74) is 1.74. The highest BCUT2D eigenvalue weighted by atomic mass is 19.1. The van der Waals surface area contributed by atoms with Crippen LogP contribution in [-0.4, -0.2) is 36.4 Å². The number of rotatable bonds is 8. The van der Waals surface area contributed by atoms with Gasteiger partial charge in [0.2, 0.25) is 5.91 Å². The highest BCUT2D eigenvalue weighted by molar-refractivity contribution is 5.87. The van der Waals surface area contributed by atoms with E-state index in [2.05, 4.69) is 19.2 Å². The van der Waals surface area contributed by atoms with E-state index in [-0.39, 0.29) is 36.7 Å². The minimum Gasteiger partial charge on any atom is -0.483 e. The number of hydrogen-bond donors (Lipinski definition) is 1. The molecule has 28 heavy (non-hydrogen) atoms. The van der Waals surface area contributed by atoms with E-state index in [4.69, 9.17) is 4.74 Å². The van der Waals surface area contributed by atoms with E-state index in [1.54, 1.807) is 19.1 Å². The van der Waals surface area contributed by atoms with Crippen molar-refractivity contribution in [2.45, 2.75) is 39.3 Å². The molecular formula is C22H27FN2O3. The number of hydrogen-bond acceptors (Lipinski definition) is 3. The summed E-state index contributed by atoms with van der Waals surface area (Å²) < 4.78 is 18.9. The van der Waals surface area contributed by atoms with Gasteiger partial charge in [-0.05, 0) is 42.2 Å². The average molecular weight is 386 g/mol. The fraction of sp³-hybridized carbons (Fsp3) is 0.364. The number of para-hydroxylation sites is 1. The van der Waals surface area contributed by atoms with Crippen LogP contribution in [0.1, 0.15) is 37.8 Å². The number of likely N-dealkylation sites (N-methyl/N-ethyl adjacent to an activating group) is 1. The summed E-state index contributed by atoms with van der Waals surface area (Å²) in [7, 11) is 1.52. The number of halogens is 1. The summed E-state index contributed by atoms with van der Waals surface area (Å²) in [6, 6.07) is 12.8. The van der Waals surface area contributed by atoms with Crippen LogP contribution in [0.25, 0.3) is 0 Å². The molecular weight excluding hydrogens is 359 g/mol. The maximum Gasteiger partial charge on any atom is 0.261 e. The van der Waals surface area contributed by atoms with Crippen LogP contribution in [0.15, 0.2) is 48.5 Å². The molecule has 0 aliphatic carbocycles. The van der Waals surface area contributed by atoms with E-state index in [1.807, 2.05) is 24.3 Å². The zero-order valence-electron chi connectivity index (χ0n) is 16.7. The van der Waals surface area contributed by atoms with Gasteiger partial charge in [0.15, 0.2) is 6.61 Å². The molecule has 150 valence electrons. The lowest BCUT2D eigenvalue weighted by molar-refractivity contribution is -0.142. The van der Waals surface area contributed by atoms with Gasteiger partial charge in [-0.2, -0.15) is 0 Å². The third-order valence-electron chi connectivity index (χ3n) is 4.57. The average Bonchev–Trinajstić information content (AvgIpc) is 2.70. The zero-order valence-corrected chi connectivity index (χ0v) is 16.7. The molecule has 6 heteroatoms. The molecule has 2 aromatic carbocycles. The Bertz CT molecular complexity index is 806. The van der Waals surface area contributed by atoms with Crippen LogP contribution >= 0.6 is 0 Å². The summed E-state index contributed by atoms with van der Waals surface area (Å²) in [5, 5.41) is 2.56. The van der Waals surface area contributed by atoms with Crippen LogP contribution < -0.4 is 10.1 Å². The lowest BCUT2D eigenvalue weighted by Crippen LogP contribution is -2.48. The number of amides is 2. The maximum absolute atomic E-state index is 13.2. The van der Waals surface area contributed by atoms with Crippen LogP contribution in [0, 0.1) is 5.82 Å². The number of nitrogens with zero attached hydrogens (tertiary/aromatic N) is 1. The van der Waals surface area contributed by atoms with Crippen LogP contribution in [0.5, 0.6) is 5.75 Å². The molecule has 0 aliphatic rings. The van der Waals surface area contributed by atoms with Gasteiger partial charge >= 0.3 is 0 Å². The van der Waals surface area contributed by atoms with E-state index in [1.165, 1.54) is 24.1 Å². The number of benzene rings is 2. The predicted molar refractivity (Wildman–Crippen MR) is 107 cm³/mol. The lowest BCUT2D eigenvalue weighted by Gasteiger charge is -2.28. The fourth-order valence-corrected chi connectivity index (χ4v) is 2.89. The molecule has 0 heterocycles. The molecule has 0 spiro atoms. The minimum absolute atomic E-state index is 0.183. The van der Waals surface area contributed by atoms with Crippen LogP contribution in [-0.2, 0) is 16.1 Å². The first-order valence-electron chi connectivity index (χ1n) is 9.30. The quantitative estimate of drug-likeness (QED) is 0.756. The monoisotopic (exact) mass is 386 g/mol. The third kappa shape index (κ3) is 5.55. The van der Waals surface area contributed by atoms with Crippen molar-refractivity contribution < 1.29 is 18.7 Å². The van der Waals surface area contributed by atoms with Crippen molar-refractivity contribution in [2.75, 3.05) is 13.7 Å². The molecule has 0 bridgehead atoms. The fourth-order valence-electron chi connectivity index (χ4n) is 2.89. The van der Waals surface area contributed by atoms with E-state index < -0.39 is 6.04 Å². The molecule has 0 radical (unpaired) electrons. The van der Waals surface area contributed by atoms with E-state index in [9.17, 15) is 14.0 Å². The molecule has 0 saturated carbocycles. The van der Waals surface area contributed by atoms with Gasteiger partial charge in [0.05, 0.1) is 0 Å². The summed E-state index contributed by atoms with van der Waals surface area (Å²) in [6.45, 7) is 5.76. The van der Waals surface area contributed by atoms with Gasteiger partial charge in [-0.15, -0.1) is 0 Å². The Balaban J connectivity index is 2.16. The standard InChI is InChI=1S/C22H27FN2O3/c1-15(2)19-7-5-6-8-20(19)28-14-21(26)25(16(3)22(27)24-4)13-17-9-11-18(23)12-10-17/h5-12,15-16H,13-14H2,1-4H3,(H,24,27)/t16-/m1/s1. The summed E-state index contributed by atoms with van der Waals surface area (Å²) in [4.78, 5) is 26.4. The van der Waals surface area contributed by atoms with Crippen molar-refractivity contribution in [3.63, 3.8) is 0 Å². The second-order valence-corrected chi connectivity index (χ2v) is 6.92. The lowest BCUT2D eigenvalue weighted by atomic mass is 10.0. The Hall–Kier alpha value is -2.89. The van der Waals surface area contributed by atoms with Crippen molar-refractivity contribution in [3.05, 3.63) is 65.5 Å². The van der Waals surface area contributed by atoms with Gasteiger partial charge < -0.3 is 15.0 Å². The molecule has 0 unspecified atom stereocenters. The minimum atomic E-state index is -0.688. The number of nitrogens with one attached hydrogen (secondary N) is 1. The molecule has 2 amide bonds. The van der Waals surface area contributed by atoms with Crippen molar-refractivity contribution in [1.82, 2.24) is 10.2 Å². The van der Waals surface area contributed by atoms with Gasteiger partial charge in [0.1, 0.15) is 17.6 Å². The molecule has 2 aromatic rings. The van der Waals surface area contributed by atoms with Crippen LogP contribution in [0.2, 0.25) is 0 Å². The molecule has 1 N–H and O–H groups in total. The smallest absolute Gasteiger partial charge is 0.261 e. The topological polar surface area (TPSA) is 58.6 Å². The molecule has 0 saturated heterocycles. The van der Waals surface area contributed by atoms with Crippen LogP contribution in [0.4, 0.5) is 4.39 Å². The largest absolute Gasteiger partial charge is 0.483 e. The molecule has 0 fully saturated rings. The first-order valence-corrected chi connectivity index (χ1v) is 9.30. The molecule has 0 aromatic heterocycles. The van der Waals surface area contributed by atoms with Crippen molar-refractivity contribution in [2.24, 2.45) is 0 Å². The predicted octanol–water partition coefficient (Wildman–Crippen LogP) is 3.49. The molecule has 5 nitrogen and oxygen atoms in total. The summed E-state index contributed by atoms with van der Waals surface area (Å²) >= 11 is 0. The number of carbonyl (C=O) groups is 2. The van der Waals surface area contributed by atoms with Gasteiger partial charge in [-0.1, -0.05) is 44.2 Å². The van der Waals surface area contributed by atoms with Crippen molar-refractivity contribution in [3.8, 4) is 5.75 Å². The Morgan fingerprint density at radius 2 is 1.71 bits per heavy atom. The second-order valence-electron chi connectivity index (χ2n) is 6.92. The van der Waals surface area contributed by atoms with E-state index >= 15 is 0 Å². The highest BCUT2D eigenvalue weighted by Gasteiger charge is 2.26. The Kier molecular flexibility index (Phi) is 7.55. The van der Waals surface area contributed by atoms with Crippen molar-refractivity contribution >= 4 is 11.8 Å². The first kappa shape index (κ1) is 21.4. The normalized spacial score (nSPS) is 11.8. The number of carbonyl (C=O) groups excluding carboxylic acids is 2.